The highest BCUT2D eigenvalue weighted by atomic mass is 127. The molecule has 0 amide bonds. The van der Waals surface area contributed by atoms with Gasteiger partial charge in [-0.25, -0.2) is 8.42 Å². The van der Waals surface area contributed by atoms with E-state index in [0.717, 1.165) is 14.7 Å². The van der Waals surface area contributed by atoms with Gasteiger partial charge in [0.25, 0.3) is 0 Å². The molecule has 0 saturated heterocycles. The smallest absolute Gasteiger partial charge is 0.207 e. The largest absolute Gasteiger partial charge is 0.243 e. The predicted molar refractivity (Wildman–Crippen MR) is 106 cm³/mol. The first-order chi connectivity index (χ1) is 10.8. The van der Waals surface area contributed by atoms with Crippen molar-refractivity contribution >= 4 is 48.5 Å². The number of alkyl halides is 1. The summed E-state index contributed by atoms with van der Waals surface area (Å²) in [5, 5.41) is 0.598. The first-order valence-corrected chi connectivity index (χ1v) is 10.9. The Morgan fingerprint density at radius 1 is 1.09 bits per heavy atom. The Bertz CT molecular complexity index is 776. The third-order valence-corrected chi connectivity index (χ3v) is 6.96. The summed E-state index contributed by atoms with van der Waals surface area (Å²) in [6.07, 6.45) is 0. The van der Waals surface area contributed by atoms with Gasteiger partial charge in [-0.2, -0.15) is 4.31 Å². The van der Waals surface area contributed by atoms with Crippen LogP contribution in [0.4, 0.5) is 0 Å². The summed E-state index contributed by atoms with van der Waals surface area (Å²) >= 11 is 5.64. The predicted octanol–water partition coefficient (Wildman–Crippen LogP) is 4.49. The molecule has 0 aromatic heterocycles. The minimum absolute atomic E-state index is 0.339. The van der Waals surface area contributed by atoms with Crippen molar-refractivity contribution in [2.45, 2.75) is 25.3 Å². The molecule has 6 heteroatoms. The van der Waals surface area contributed by atoms with E-state index in [0.29, 0.717) is 23.3 Å². The Kier molecular flexibility index (Phi) is 6.65. The molecule has 0 aliphatic carbocycles. The van der Waals surface area contributed by atoms with Crippen LogP contribution in [0.25, 0.3) is 0 Å². The van der Waals surface area contributed by atoms with Gasteiger partial charge < -0.3 is 0 Å². The van der Waals surface area contributed by atoms with Gasteiger partial charge in [0.15, 0.2) is 0 Å². The minimum atomic E-state index is -3.50. The Hall–Kier alpha value is -0.440. The molecule has 0 aliphatic heterocycles. The highest BCUT2D eigenvalue weighted by Crippen LogP contribution is 2.21. The number of hydrogen-bond acceptors (Lipinski definition) is 2. The van der Waals surface area contributed by atoms with Gasteiger partial charge in [0.1, 0.15) is 0 Å². The molecule has 124 valence electrons. The van der Waals surface area contributed by atoms with Gasteiger partial charge in [-0.1, -0.05) is 45.8 Å². The van der Waals surface area contributed by atoms with Gasteiger partial charge in [0.05, 0.1) is 4.90 Å². The molecular weight excluding hydrogens is 489 g/mol. The highest BCUT2D eigenvalue weighted by Gasteiger charge is 2.24. The number of nitrogens with zero attached hydrogens (tertiary/aromatic N) is 1. The van der Waals surface area contributed by atoms with E-state index in [2.05, 4.69) is 38.5 Å². The molecule has 0 N–H and O–H groups in total. The zero-order valence-electron chi connectivity index (χ0n) is 13.1. The van der Waals surface area contributed by atoms with Crippen molar-refractivity contribution in [1.29, 1.82) is 0 Å². The molecule has 0 heterocycles. The number of aryl methyl sites for hydroxylation is 2. The number of rotatable bonds is 6. The van der Waals surface area contributed by atoms with E-state index < -0.39 is 10.0 Å². The van der Waals surface area contributed by atoms with Crippen molar-refractivity contribution in [3.8, 4) is 0 Å². The number of benzene rings is 2. The summed E-state index contributed by atoms with van der Waals surface area (Å²) < 4.78 is 28.5. The van der Waals surface area contributed by atoms with Crippen molar-refractivity contribution in [3.05, 3.63) is 62.7 Å². The Labute approximate surface area is 160 Å². The summed E-state index contributed by atoms with van der Waals surface area (Å²) in [6, 6.07) is 13.1. The van der Waals surface area contributed by atoms with Crippen molar-refractivity contribution < 1.29 is 8.42 Å². The second kappa shape index (κ2) is 8.09. The van der Waals surface area contributed by atoms with Crippen molar-refractivity contribution in [2.24, 2.45) is 0 Å². The summed E-state index contributed by atoms with van der Waals surface area (Å²) in [5.41, 5.74) is 3.24. The fourth-order valence-electron chi connectivity index (χ4n) is 2.18. The maximum Gasteiger partial charge on any atom is 0.243 e. The molecule has 3 nitrogen and oxygen atoms in total. The number of halogens is 2. The lowest BCUT2D eigenvalue weighted by Gasteiger charge is -2.22. The summed E-state index contributed by atoms with van der Waals surface area (Å²) in [5.74, 6) is 0. The first kappa shape index (κ1) is 18.9. The molecule has 0 spiro atoms. The van der Waals surface area contributed by atoms with Gasteiger partial charge in [-0.3, -0.25) is 0 Å². The van der Waals surface area contributed by atoms with Crippen LogP contribution in [0.5, 0.6) is 0 Å². The van der Waals surface area contributed by atoms with E-state index in [1.165, 1.54) is 9.87 Å². The Morgan fingerprint density at radius 2 is 1.74 bits per heavy atom. The van der Waals surface area contributed by atoms with Gasteiger partial charge in [0.2, 0.25) is 10.0 Å². The van der Waals surface area contributed by atoms with Crippen molar-refractivity contribution in [2.75, 3.05) is 11.9 Å². The Morgan fingerprint density at radius 3 is 2.30 bits per heavy atom. The first-order valence-electron chi connectivity index (χ1n) is 7.22. The normalized spacial score (nSPS) is 11.9. The van der Waals surface area contributed by atoms with Crippen LogP contribution in [0, 0.1) is 17.4 Å². The topological polar surface area (TPSA) is 37.4 Å². The maximum atomic E-state index is 12.9. The zero-order valence-corrected chi connectivity index (χ0v) is 17.7. The fourth-order valence-corrected chi connectivity index (χ4v) is 4.85. The van der Waals surface area contributed by atoms with Crippen LogP contribution in [0.15, 0.2) is 47.4 Å². The van der Waals surface area contributed by atoms with E-state index >= 15 is 0 Å². The lowest BCUT2D eigenvalue weighted by Crippen LogP contribution is -2.32. The molecule has 0 unspecified atom stereocenters. The van der Waals surface area contributed by atoms with E-state index in [-0.39, 0.29) is 0 Å². The van der Waals surface area contributed by atoms with Crippen LogP contribution in [0.3, 0.4) is 0 Å². The van der Waals surface area contributed by atoms with E-state index in [1.54, 1.807) is 12.1 Å². The molecule has 0 bridgehead atoms. The van der Waals surface area contributed by atoms with Crippen LogP contribution >= 0.6 is 38.5 Å². The third-order valence-electron chi connectivity index (χ3n) is 3.59. The second-order valence-corrected chi connectivity index (χ2v) is 9.32. The number of sulfonamides is 1. The molecule has 23 heavy (non-hydrogen) atoms. The van der Waals surface area contributed by atoms with Crippen LogP contribution in [0.2, 0.25) is 0 Å². The molecular formula is C17H19BrINO2S. The minimum Gasteiger partial charge on any atom is -0.207 e. The average Bonchev–Trinajstić information content (AvgIpc) is 2.51. The van der Waals surface area contributed by atoms with Crippen molar-refractivity contribution in [3.63, 3.8) is 0 Å². The fraction of sp³-hybridized carbons (Fsp3) is 0.294. The molecule has 0 radical (unpaired) electrons. The second-order valence-electron chi connectivity index (χ2n) is 5.42. The van der Waals surface area contributed by atoms with Crippen LogP contribution in [-0.4, -0.2) is 24.6 Å². The van der Waals surface area contributed by atoms with Gasteiger partial charge in [-0.05, 0) is 65.8 Å². The molecule has 2 rings (SSSR count). The SMILES string of the molecule is Cc1ccc(S(=O)(=O)N(CCBr)Cc2ccc(C)c(I)c2)cc1. The van der Waals surface area contributed by atoms with Crippen molar-refractivity contribution in [1.82, 2.24) is 4.31 Å². The van der Waals surface area contributed by atoms with Crippen LogP contribution < -0.4 is 0 Å². The average molecular weight is 508 g/mol. The number of hydrogen-bond donors (Lipinski definition) is 0. The summed E-state index contributed by atoms with van der Waals surface area (Å²) in [4.78, 5) is 0.339. The molecule has 0 fully saturated rings. The Balaban J connectivity index is 2.32. The van der Waals surface area contributed by atoms with Gasteiger partial charge in [-0.15, -0.1) is 0 Å². The molecule has 0 atom stereocenters. The lowest BCUT2D eigenvalue weighted by molar-refractivity contribution is 0.426. The molecule has 0 aliphatic rings. The van der Waals surface area contributed by atoms with E-state index in [4.69, 9.17) is 0 Å². The van der Waals surface area contributed by atoms with E-state index in [9.17, 15) is 8.42 Å². The van der Waals surface area contributed by atoms with E-state index in [1.807, 2.05) is 44.2 Å². The monoisotopic (exact) mass is 507 g/mol. The quantitative estimate of drug-likeness (QED) is 0.426. The van der Waals surface area contributed by atoms with Gasteiger partial charge >= 0.3 is 0 Å². The zero-order chi connectivity index (χ0) is 17.0. The standard InChI is InChI=1S/C17H19BrINO2S/c1-13-3-7-16(8-4-13)23(21,22)20(10-9-18)12-15-6-5-14(2)17(19)11-15/h3-8,11H,9-10,12H2,1-2H3. The molecule has 0 saturated carbocycles. The summed E-state index contributed by atoms with van der Waals surface area (Å²) in [6.45, 7) is 4.80. The molecule has 2 aromatic carbocycles. The highest BCUT2D eigenvalue weighted by molar-refractivity contribution is 14.1. The van der Waals surface area contributed by atoms with Crippen LogP contribution in [-0.2, 0) is 16.6 Å². The maximum absolute atomic E-state index is 12.9. The van der Waals surface area contributed by atoms with Crippen LogP contribution in [0.1, 0.15) is 16.7 Å². The molecule has 2 aromatic rings. The lowest BCUT2D eigenvalue weighted by atomic mass is 10.1. The van der Waals surface area contributed by atoms with Gasteiger partial charge in [0, 0.05) is 22.0 Å². The third kappa shape index (κ3) is 4.78. The summed E-state index contributed by atoms with van der Waals surface area (Å²) in [7, 11) is -3.50.